The second-order valence-corrected chi connectivity index (χ2v) is 16.4. The Balaban J connectivity index is 1.70. The Labute approximate surface area is 234 Å². The van der Waals surface area contributed by atoms with Gasteiger partial charge in [-0.2, -0.15) is 0 Å². The van der Waals surface area contributed by atoms with Gasteiger partial charge in [0.25, 0.3) is 0 Å². The monoisotopic (exact) mass is 523 g/mol. The average Bonchev–Trinajstić information content (AvgIpc) is 2.76. The summed E-state index contributed by atoms with van der Waals surface area (Å²) >= 11 is 0. The van der Waals surface area contributed by atoms with Crippen molar-refractivity contribution in [3.63, 3.8) is 0 Å². The van der Waals surface area contributed by atoms with Gasteiger partial charge in [-0.15, -0.1) is 0 Å². The molecule has 0 aromatic carbocycles. The van der Waals surface area contributed by atoms with Crippen LogP contribution in [0.5, 0.6) is 0 Å². The third-order valence-corrected chi connectivity index (χ3v) is 12.1. The van der Waals surface area contributed by atoms with Crippen LogP contribution in [0.3, 0.4) is 0 Å². The van der Waals surface area contributed by atoms with Crippen LogP contribution in [0.15, 0.2) is 0 Å². The number of rotatable bonds is 14. The molecule has 0 radical (unpaired) electrons. The van der Waals surface area contributed by atoms with Crippen molar-refractivity contribution in [2.75, 3.05) is 54.5 Å². The molecule has 0 heterocycles. The number of likely N-dealkylation sites (N-methyl/N-ethyl adjacent to an activating group) is 2. The van der Waals surface area contributed by atoms with E-state index in [9.17, 15) is 0 Å². The fraction of sp³-hybridized carbons (Fsp3) is 1.00. The van der Waals surface area contributed by atoms with Gasteiger partial charge >= 0.3 is 0 Å². The molecule has 0 N–H and O–H groups in total. The van der Waals surface area contributed by atoms with Gasteiger partial charge in [0, 0.05) is 0 Å². The summed E-state index contributed by atoms with van der Waals surface area (Å²) in [5.41, 5.74) is 1.04. The molecule has 2 fully saturated rings. The second kappa shape index (κ2) is 13.5. The van der Waals surface area contributed by atoms with E-state index in [1.165, 1.54) is 64.2 Å². The van der Waals surface area contributed by atoms with Crippen molar-refractivity contribution in [3.8, 4) is 0 Å². The van der Waals surface area contributed by atoms with E-state index in [0.29, 0.717) is 22.9 Å². The summed E-state index contributed by atoms with van der Waals surface area (Å²) in [7, 11) is 9.66. The zero-order valence-electron chi connectivity index (χ0n) is 27.7. The van der Waals surface area contributed by atoms with E-state index >= 15 is 0 Å². The molecule has 3 heteroatoms. The smallest absolute Gasteiger partial charge is 0.102 e. The maximum Gasteiger partial charge on any atom is 0.102 e. The van der Waals surface area contributed by atoms with Crippen LogP contribution >= 0.6 is 0 Å². The second-order valence-electron chi connectivity index (χ2n) is 16.4. The van der Waals surface area contributed by atoms with E-state index in [0.717, 1.165) is 58.9 Å². The number of ether oxygens (including phenoxy) is 1. The van der Waals surface area contributed by atoms with Gasteiger partial charge < -0.3 is 13.7 Å². The molecule has 0 saturated heterocycles. The van der Waals surface area contributed by atoms with Gasteiger partial charge in [-0.25, -0.2) is 0 Å². The normalized spacial score (nSPS) is 30.2. The van der Waals surface area contributed by atoms with Crippen molar-refractivity contribution < 1.29 is 13.7 Å². The van der Waals surface area contributed by atoms with Crippen LogP contribution in [0.4, 0.5) is 0 Å². The van der Waals surface area contributed by atoms with E-state index in [1.807, 2.05) is 0 Å². The van der Waals surface area contributed by atoms with Gasteiger partial charge in [0.2, 0.25) is 0 Å². The predicted molar refractivity (Wildman–Crippen MR) is 163 cm³/mol. The number of nitrogens with zero attached hydrogens (tertiary/aromatic N) is 2. The highest BCUT2D eigenvalue weighted by molar-refractivity contribution is 4.87. The third kappa shape index (κ3) is 9.49. The summed E-state index contributed by atoms with van der Waals surface area (Å²) in [5.74, 6) is 3.54. The highest BCUT2D eigenvalue weighted by atomic mass is 16.5. The molecule has 6 atom stereocenters. The molecule has 2 aliphatic carbocycles. The fourth-order valence-corrected chi connectivity index (χ4v) is 8.11. The molecule has 0 amide bonds. The van der Waals surface area contributed by atoms with E-state index < -0.39 is 0 Å². The molecule has 2 aliphatic rings. The van der Waals surface area contributed by atoms with Crippen molar-refractivity contribution in [2.24, 2.45) is 34.5 Å². The molecule has 0 bridgehead atoms. The minimum Gasteiger partial charge on any atom is -0.370 e. The fourth-order valence-electron chi connectivity index (χ4n) is 8.11. The molecular weight excluding hydrogens is 452 g/mol. The zero-order chi connectivity index (χ0) is 28.1. The van der Waals surface area contributed by atoms with Gasteiger partial charge in [0.1, 0.15) is 13.1 Å². The first-order valence-electron chi connectivity index (χ1n) is 16.2. The van der Waals surface area contributed by atoms with Crippen molar-refractivity contribution >= 4 is 0 Å². The summed E-state index contributed by atoms with van der Waals surface area (Å²) in [5, 5.41) is 0. The van der Waals surface area contributed by atoms with Crippen LogP contribution in [0, 0.1) is 34.5 Å². The van der Waals surface area contributed by atoms with Gasteiger partial charge in [-0.05, 0) is 86.9 Å². The highest BCUT2D eigenvalue weighted by Gasteiger charge is 2.39. The summed E-state index contributed by atoms with van der Waals surface area (Å²) in [6, 6.07) is 1.37. The Morgan fingerprint density at radius 1 is 0.676 bits per heavy atom. The minimum absolute atomic E-state index is 0.519. The van der Waals surface area contributed by atoms with Gasteiger partial charge in [-0.3, -0.25) is 0 Å². The predicted octanol–water partition coefficient (Wildman–Crippen LogP) is 8.42. The average molecular weight is 523 g/mol. The number of hydrogen-bond donors (Lipinski definition) is 0. The van der Waals surface area contributed by atoms with E-state index in [1.54, 1.807) is 0 Å². The summed E-state index contributed by atoms with van der Waals surface area (Å²) in [6.45, 7) is 24.0. The largest absolute Gasteiger partial charge is 0.370 e. The van der Waals surface area contributed by atoms with Crippen LogP contribution in [0.25, 0.3) is 0 Å². The molecule has 2 rings (SSSR count). The zero-order valence-corrected chi connectivity index (χ0v) is 27.7. The lowest BCUT2D eigenvalue weighted by molar-refractivity contribution is -0.917. The molecule has 37 heavy (non-hydrogen) atoms. The summed E-state index contributed by atoms with van der Waals surface area (Å²) < 4.78 is 8.41. The molecule has 6 unspecified atom stereocenters. The van der Waals surface area contributed by atoms with E-state index in [4.69, 9.17) is 4.74 Å². The van der Waals surface area contributed by atoms with E-state index in [-0.39, 0.29) is 0 Å². The molecule has 220 valence electrons. The van der Waals surface area contributed by atoms with Gasteiger partial charge in [0.05, 0.1) is 53.5 Å². The first-order chi connectivity index (χ1) is 17.0. The van der Waals surface area contributed by atoms with Crippen LogP contribution < -0.4 is 0 Å². The molecule has 3 nitrogen and oxygen atoms in total. The van der Waals surface area contributed by atoms with Crippen LogP contribution in [0.1, 0.15) is 120 Å². The Hall–Kier alpha value is -0.120. The van der Waals surface area contributed by atoms with Crippen LogP contribution in [0.2, 0.25) is 0 Å². The van der Waals surface area contributed by atoms with Crippen LogP contribution in [-0.4, -0.2) is 75.5 Å². The highest BCUT2D eigenvalue weighted by Crippen LogP contribution is 2.47. The Morgan fingerprint density at radius 2 is 1.03 bits per heavy atom. The molecule has 0 aliphatic heterocycles. The van der Waals surface area contributed by atoms with E-state index in [2.05, 4.69) is 83.6 Å². The lowest BCUT2D eigenvalue weighted by Gasteiger charge is -2.44. The third-order valence-electron chi connectivity index (χ3n) is 12.1. The van der Waals surface area contributed by atoms with Gasteiger partial charge in [-0.1, -0.05) is 67.2 Å². The standard InChI is InChI=1S/C34H70N2O/c1-27-15-13-21-33(5,6)31(27)19-17-29(3)35(9,10)23-25-37-26-24-36(11,12)30(4)18-20-32-28(2)16-14-22-34(32,7)8/h27-32H,13-26H2,1-12H3/q+2. The molecule has 2 saturated carbocycles. The number of quaternary nitrogens is 2. The number of hydrogen-bond acceptors (Lipinski definition) is 1. The van der Waals surface area contributed by atoms with Crippen LogP contribution in [-0.2, 0) is 4.74 Å². The van der Waals surface area contributed by atoms with Crippen molar-refractivity contribution in [1.29, 1.82) is 0 Å². The maximum atomic E-state index is 6.26. The lowest BCUT2D eigenvalue weighted by Crippen LogP contribution is -2.51. The Kier molecular flexibility index (Phi) is 12.1. The molecule has 0 aromatic rings. The topological polar surface area (TPSA) is 9.23 Å². The lowest BCUT2D eigenvalue weighted by atomic mass is 9.62. The first kappa shape index (κ1) is 33.1. The molecule has 0 aromatic heterocycles. The quantitative estimate of drug-likeness (QED) is 0.164. The summed E-state index contributed by atoms with van der Waals surface area (Å²) in [4.78, 5) is 0. The van der Waals surface area contributed by atoms with Crippen molar-refractivity contribution in [1.82, 2.24) is 0 Å². The van der Waals surface area contributed by atoms with Gasteiger partial charge in [0.15, 0.2) is 0 Å². The molecular formula is C34H70N2O+2. The first-order valence-corrected chi connectivity index (χ1v) is 16.2. The Morgan fingerprint density at radius 3 is 1.35 bits per heavy atom. The van der Waals surface area contributed by atoms with Crippen molar-refractivity contribution in [3.05, 3.63) is 0 Å². The Bertz CT molecular complexity index is 611. The maximum absolute atomic E-state index is 6.26. The summed E-state index contributed by atoms with van der Waals surface area (Å²) in [6.07, 6.45) is 14.0. The SMILES string of the molecule is CC1CCCC(C)(C)C1CCC(C)[N+](C)(C)CCOCC[N+](C)(C)C(C)CCC1C(C)CCCC1(C)C. The van der Waals surface area contributed by atoms with Crippen molar-refractivity contribution in [2.45, 2.75) is 132 Å². The minimum atomic E-state index is 0.519. The molecule has 0 spiro atoms.